The lowest BCUT2D eigenvalue weighted by Crippen LogP contribution is -2.36. The Morgan fingerprint density at radius 2 is 2.04 bits per heavy atom. The van der Waals surface area contributed by atoms with Crippen LogP contribution in [0.3, 0.4) is 0 Å². The molecule has 0 spiro atoms. The van der Waals surface area contributed by atoms with Crippen molar-refractivity contribution < 1.29 is 4.39 Å². The van der Waals surface area contributed by atoms with Gasteiger partial charge >= 0.3 is 0 Å². The van der Waals surface area contributed by atoms with Gasteiger partial charge in [0.2, 0.25) is 0 Å². The zero-order valence-corrected chi connectivity index (χ0v) is 14.7. The molecule has 7 heteroatoms. The molecule has 0 aliphatic carbocycles. The highest BCUT2D eigenvalue weighted by Gasteiger charge is 2.06. The van der Waals surface area contributed by atoms with Crippen LogP contribution in [-0.2, 0) is 13.1 Å². The number of aryl methyl sites for hydroxylation is 1. The molecule has 2 rings (SSSR count). The van der Waals surface area contributed by atoms with Crippen molar-refractivity contribution in [1.82, 2.24) is 15.6 Å². The van der Waals surface area contributed by atoms with Crippen LogP contribution in [0.2, 0.25) is 0 Å². The first-order chi connectivity index (χ1) is 11.0. The van der Waals surface area contributed by atoms with Gasteiger partial charge in [-0.15, -0.1) is 11.3 Å². The predicted octanol–water partition coefficient (Wildman–Crippen LogP) is 2.52. The van der Waals surface area contributed by atoms with Crippen LogP contribution < -0.4 is 15.5 Å². The van der Waals surface area contributed by atoms with E-state index >= 15 is 0 Å². The average Bonchev–Trinajstić information content (AvgIpc) is 2.92. The second kappa shape index (κ2) is 7.92. The van der Waals surface area contributed by atoms with Crippen molar-refractivity contribution in [3.8, 4) is 0 Å². The predicted molar refractivity (Wildman–Crippen MR) is 94.6 cm³/mol. The molecule has 124 valence electrons. The number of rotatable bonds is 5. The van der Waals surface area contributed by atoms with Crippen molar-refractivity contribution in [1.29, 1.82) is 0 Å². The van der Waals surface area contributed by atoms with E-state index in [1.165, 1.54) is 4.88 Å². The Hall–Kier alpha value is -2.15. The van der Waals surface area contributed by atoms with Crippen molar-refractivity contribution in [3.05, 3.63) is 45.7 Å². The zero-order chi connectivity index (χ0) is 16.8. The molecule has 2 aromatic rings. The highest BCUT2D eigenvalue weighted by Crippen LogP contribution is 2.18. The summed E-state index contributed by atoms with van der Waals surface area (Å²) in [5.41, 5.74) is 1.44. The summed E-state index contributed by atoms with van der Waals surface area (Å²) in [4.78, 5) is 11.4. The Labute approximate surface area is 140 Å². The molecule has 0 saturated carbocycles. The van der Waals surface area contributed by atoms with Gasteiger partial charge in [-0.3, -0.25) is 4.99 Å². The van der Waals surface area contributed by atoms with E-state index in [0.29, 0.717) is 24.7 Å². The van der Waals surface area contributed by atoms with E-state index in [1.54, 1.807) is 35.4 Å². The molecule has 1 heterocycles. The van der Waals surface area contributed by atoms with Crippen LogP contribution in [0.5, 0.6) is 0 Å². The SMILES string of the molecule is CN=C(NCc1ccc(N(C)C)c(F)c1)NCc1ncc(C)s1. The summed E-state index contributed by atoms with van der Waals surface area (Å²) in [7, 11) is 5.35. The first-order valence-corrected chi connectivity index (χ1v) is 8.13. The van der Waals surface area contributed by atoms with E-state index in [4.69, 9.17) is 0 Å². The summed E-state index contributed by atoms with van der Waals surface area (Å²) < 4.78 is 14.0. The molecule has 0 fully saturated rings. The van der Waals surface area contributed by atoms with Gasteiger partial charge in [0, 0.05) is 38.8 Å². The summed E-state index contributed by atoms with van der Waals surface area (Å²) >= 11 is 1.65. The van der Waals surface area contributed by atoms with Crippen LogP contribution in [0, 0.1) is 12.7 Å². The Kier molecular flexibility index (Phi) is 5.92. The van der Waals surface area contributed by atoms with Crippen LogP contribution in [0.25, 0.3) is 0 Å². The fourth-order valence-corrected chi connectivity index (χ4v) is 2.80. The molecule has 0 saturated heterocycles. The van der Waals surface area contributed by atoms with Gasteiger partial charge in [-0.1, -0.05) is 6.07 Å². The van der Waals surface area contributed by atoms with Gasteiger partial charge in [-0.2, -0.15) is 0 Å². The number of nitrogens with zero attached hydrogens (tertiary/aromatic N) is 3. The molecular formula is C16H22FN5S. The lowest BCUT2D eigenvalue weighted by molar-refractivity contribution is 0.623. The van der Waals surface area contributed by atoms with Gasteiger partial charge in [-0.05, 0) is 24.6 Å². The van der Waals surface area contributed by atoms with E-state index in [0.717, 1.165) is 10.6 Å². The second-order valence-corrected chi connectivity index (χ2v) is 6.64. The summed E-state index contributed by atoms with van der Waals surface area (Å²) in [5.74, 6) is 0.436. The third-order valence-electron chi connectivity index (χ3n) is 3.25. The molecule has 0 aliphatic heterocycles. The maximum Gasteiger partial charge on any atom is 0.191 e. The topological polar surface area (TPSA) is 52.6 Å². The lowest BCUT2D eigenvalue weighted by Gasteiger charge is -2.15. The van der Waals surface area contributed by atoms with Gasteiger partial charge in [0.05, 0.1) is 12.2 Å². The largest absolute Gasteiger partial charge is 0.375 e. The van der Waals surface area contributed by atoms with E-state index in [2.05, 4.69) is 20.6 Å². The Bertz CT molecular complexity index is 681. The molecule has 5 nitrogen and oxygen atoms in total. The van der Waals surface area contributed by atoms with Crippen molar-refractivity contribution in [2.45, 2.75) is 20.0 Å². The highest BCUT2D eigenvalue weighted by molar-refractivity contribution is 7.11. The number of hydrogen-bond acceptors (Lipinski definition) is 4. The number of thiazole rings is 1. The number of anilines is 1. The molecule has 2 N–H and O–H groups in total. The van der Waals surface area contributed by atoms with Gasteiger partial charge in [0.15, 0.2) is 5.96 Å². The molecule has 1 aromatic heterocycles. The normalized spacial score (nSPS) is 11.4. The molecule has 0 unspecified atom stereocenters. The van der Waals surface area contributed by atoms with Gasteiger partial charge in [0.1, 0.15) is 10.8 Å². The van der Waals surface area contributed by atoms with E-state index < -0.39 is 0 Å². The van der Waals surface area contributed by atoms with Crippen LogP contribution in [0.4, 0.5) is 10.1 Å². The van der Waals surface area contributed by atoms with Crippen LogP contribution in [-0.4, -0.2) is 32.1 Å². The number of benzene rings is 1. The van der Waals surface area contributed by atoms with E-state index in [-0.39, 0.29) is 5.82 Å². The van der Waals surface area contributed by atoms with Crippen LogP contribution in [0.1, 0.15) is 15.4 Å². The van der Waals surface area contributed by atoms with Crippen molar-refractivity contribution in [3.63, 3.8) is 0 Å². The fourth-order valence-electron chi connectivity index (χ4n) is 2.07. The van der Waals surface area contributed by atoms with Crippen molar-refractivity contribution in [2.75, 3.05) is 26.0 Å². The Balaban J connectivity index is 1.89. The van der Waals surface area contributed by atoms with Gasteiger partial charge in [0.25, 0.3) is 0 Å². The number of aromatic nitrogens is 1. The first-order valence-electron chi connectivity index (χ1n) is 7.31. The second-order valence-electron chi connectivity index (χ2n) is 5.32. The molecular weight excluding hydrogens is 313 g/mol. The maximum absolute atomic E-state index is 14.0. The third-order valence-corrected chi connectivity index (χ3v) is 4.17. The number of guanidine groups is 1. The standard InChI is InChI=1S/C16H22FN5S/c1-11-8-19-15(23-11)10-21-16(18-2)20-9-12-5-6-14(22(3)4)13(17)7-12/h5-8H,9-10H2,1-4H3,(H2,18,20,21). The summed E-state index contributed by atoms with van der Waals surface area (Å²) in [6, 6.07) is 5.23. The monoisotopic (exact) mass is 335 g/mol. The smallest absolute Gasteiger partial charge is 0.191 e. The zero-order valence-electron chi connectivity index (χ0n) is 13.9. The fraction of sp³-hybridized carbons (Fsp3) is 0.375. The van der Waals surface area contributed by atoms with Crippen molar-refractivity contribution >= 4 is 23.0 Å². The minimum Gasteiger partial charge on any atom is -0.375 e. The minimum absolute atomic E-state index is 0.226. The maximum atomic E-state index is 14.0. The summed E-state index contributed by atoms with van der Waals surface area (Å²) in [5, 5.41) is 7.38. The summed E-state index contributed by atoms with van der Waals surface area (Å²) in [6.07, 6.45) is 1.85. The average molecular weight is 335 g/mol. The van der Waals surface area contributed by atoms with Crippen molar-refractivity contribution in [2.24, 2.45) is 4.99 Å². The molecule has 1 aromatic carbocycles. The van der Waals surface area contributed by atoms with Crippen LogP contribution in [0.15, 0.2) is 29.4 Å². The molecule has 0 radical (unpaired) electrons. The number of nitrogens with one attached hydrogen (secondary N) is 2. The minimum atomic E-state index is -0.226. The number of hydrogen-bond donors (Lipinski definition) is 2. The molecule has 23 heavy (non-hydrogen) atoms. The van der Waals surface area contributed by atoms with Crippen LogP contribution >= 0.6 is 11.3 Å². The van der Waals surface area contributed by atoms with Gasteiger partial charge in [-0.25, -0.2) is 9.37 Å². The quantitative estimate of drug-likeness (QED) is 0.651. The highest BCUT2D eigenvalue weighted by atomic mass is 32.1. The molecule has 0 atom stereocenters. The number of aliphatic imine (C=N–C) groups is 1. The van der Waals surface area contributed by atoms with E-state index in [9.17, 15) is 4.39 Å². The molecule has 0 amide bonds. The molecule has 0 bridgehead atoms. The molecule has 0 aliphatic rings. The van der Waals surface area contributed by atoms with E-state index in [1.807, 2.05) is 33.3 Å². The number of halogens is 1. The summed E-state index contributed by atoms with van der Waals surface area (Å²) in [6.45, 7) is 3.15. The Morgan fingerprint density at radius 1 is 1.30 bits per heavy atom. The lowest BCUT2D eigenvalue weighted by atomic mass is 10.2. The first kappa shape index (κ1) is 17.2. The third kappa shape index (κ3) is 4.92. The Morgan fingerprint density at radius 3 is 2.61 bits per heavy atom. The van der Waals surface area contributed by atoms with Gasteiger partial charge < -0.3 is 15.5 Å².